The fourth-order valence-corrected chi connectivity index (χ4v) is 4.80. The van der Waals surface area contributed by atoms with Crippen molar-refractivity contribution in [3.63, 3.8) is 0 Å². The summed E-state index contributed by atoms with van der Waals surface area (Å²) in [5, 5.41) is 5.16. The van der Waals surface area contributed by atoms with Gasteiger partial charge in [-0.1, -0.05) is 11.3 Å². The highest BCUT2D eigenvalue weighted by atomic mass is 32.2. The summed E-state index contributed by atoms with van der Waals surface area (Å²) in [7, 11) is -3.46. The van der Waals surface area contributed by atoms with Crippen molar-refractivity contribution >= 4 is 37.7 Å². The zero-order valence-corrected chi connectivity index (χ0v) is 13.3. The largest absolute Gasteiger partial charge is 0.250 e. The minimum absolute atomic E-state index is 0.161. The summed E-state index contributed by atoms with van der Waals surface area (Å²) in [6, 6.07) is 3.40. The Bertz CT molecular complexity index is 828. The van der Waals surface area contributed by atoms with E-state index in [-0.39, 0.29) is 6.54 Å². The van der Waals surface area contributed by atoms with Crippen LogP contribution < -0.4 is 4.72 Å². The number of imidazole rings is 1. The van der Waals surface area contributed by atoms with Gasteiger partial charge in [-0.2, -0.15) is 5.10 Å². The predicted molar refractivity (Wildman–Crippen MR) is 78.7 cm³/mol. The smallest absolute Gasteiger partial charge is 0.221 e. The molecule has 3 heterocycles. The van der Waals surface area contributed by atoms with Crippen molar-refractivity contribution in [1.29, 1.82) is 0 Å². The number of sulfonamides is 1. The Labute approximate surface area is 124 Å². The Balaban J connectivity index is 1.76. The van der Waals surface area contributed by atoms with E-state index in [1.54, 1.807) is 22.8 Å². The molecule has 106 valence electrons. The van der Waals surface area contributed by atoms with Crippen LogP contribution in [0, 0.1) is 13.8 Å². The van der Waals surface area contributed by atoms with Gasteiger partial charge in [0, 0.05) is 4.88 Å². The molecule has 3 rings (SSSR count). The van der Waals surface area contributed by atoms with Crippen molar-refractivity contribution in [2.24, 2.45) is 0 Å². The summed E-state index contributed by atoms with van der Waals surface area (Å²) in [5.74, 6) is 0. The molecule has 3 aromatic rings. The summed E-state index contributed by atoms with van der Waals surface area (Å²) >= 11 is 2.72. The van der Waals surface area contributed by atoms with E-state index in [0.29, 0.717) is 9.90 Å². The van der Waals surface area contributed by atoms with Crippen LogP contribution in [-0.2, 0) is 16.6 Å². The second kappa shape index (κ2) is 4.92. The van der Waals surface area contributed by atoms with E-state index in [1.807, 2.05) is 13.8 Å². The normalized spacial score (nSPS) is 12.3. The fourth-order valence-electron chi connectivity index (χ4n) is 1.73. The number of hydrogen-bond acceptors (Lipinski definition) is 6. The molecule has 6 nitrogen and oxygen atoms in total. The molecule has 0 atom stereocenters. The van der Waals surface area contributed by atoms with Crippen molar-refractivity contribution < 1.29 is 8.42 Å². The van der Waals surface area contributed by atoms with Crippen molar-refractivity contribution in [1.82, 2.24) is 19.3 Å². The van der Waals surface area contributed by atoms with Crippen LogP contribution in [0.5, 0.6) is 0 Å². The van der Waals surface area contributed by atoms with Gasteiger partial charge in [-0.3, -0.25) is 0 Å². The van der Waals surface area contributed by atoms with Gasteiger partial charge in [-0.15, -0.1) is 11.3 Å². The lowest BCUT2D eigenvalue weighted by molar-refractivity contribution is 0.582. The molecule has 0 aliphatic heterocycles. The topological polar surface area (TPSA) is 76.4 Å². The van der Waals surface area contributed by atoms with Crippen LogP contribution in [0.2, 0.25) is 0 Å². The first kappa shape index (κ1) is 13.7. The Morgan fingerprint density at radius 3 is 2.75 bits per heavy atom. The number of rotatable bonds is 4. The van der Waals surface area contributed by atoms with E-state index < -0.39 is 10.0 Å². The second-order valence-electron chi connectivity index (χ2n) is 4.27. The summed E-state index contributed by atoms with van der Waals surface area (Å²) in [5.41, 5.74) is 0.653. The van der Waals surface area contributed by atoms with Gasteiger partial charge in [0.15, 0.2) is 0 Å². The molecule has 0 saturated carbocycles. The molecule has 20 heavy (non-hydrogen) atoms. The third-order valence-electron chi connectivity index (χ3n) is 2.62. The van der Waals surface area contributed by atoms with Crippen molar-refractivity contribution in [2.45, 2.75) is 24.6 Å². The molecule has 0 bridgehead atoms. The number of aryl methyl sites for hydroxylation is 2. The van der Waals surface area contributed by atoms with E-state index in [4.69, 9.17) is 0 Å². The molecule has 1 N–H and O–H groups in total. The third kappa shape index (κ3) is 2.62. The van der Waals surface area contributed by atoms with Crippen molar-refractivity contribution in [3.05, 3.63) is 33.9 Å². The van der Waals surface area contributed by atoms with Gasteiger partial charge in [0.25, 0.3) is 0 Å². The van der Waals surface area contributed by atoms with Gasteiger partial charge < -0.3 is 0 Å². The average molecular weight is 328 g/mol. The maximum Gasteiger partial charge on any atom is 0.250 e. The van der Waals surface area contributed by atoms with E-state index in [1.165, 1.54) is 22.7 Å². The standard InChI is InChI=1S/C11H12N4O2S3/c1-7-3-4-10(18-7)20(16,17)12-5-9-6-15-11(13-9)19-8(2)14-15/h3-4,6,12H,5H2,1-2H3. The number of nitrogens with zero attached hydrogens (tertiary/aromatic N) is 3. The lowest BCUT2D eigenvalue weighted by Gasteiger charge is -2.01. The maximum absolute atomic E-state index is 12.1. The Kier molecular flexibility index (Phi) is 3.36. The lowest BCUT2D eigenvalue weighted by Crippen LogP contribution is -2.22. The number of nitrogens with one attached hydrogen (secondary N) is 1. The van der Waals surface area contributed by atoms with Crippen LogP contribution in [0.25, 0.3) is 4.96 Å². The zero-order valence-electron chi connectivity index (χ0n) is 10.8. The third-order valence-corrected chi connectivity index (χ3v) is 6.35. The van der Waals surface area contributed by atoms with Gasteiger partial charge in [0.05, 0.1) is 18.4 Å². The first-order chi connectivity index (χ1) is 9.44. The van der Waals surface area contributed by atoms with E-state index in [2.05, 4.69) is 14.8 Å². The molecule has 0 amide bonds. The van der Waals surface area contributed by atoms with Crippen LogP contribution >= 0.6 is 22.7 Å². The lowest BCUT2D eigenvalue weighted by atomic mass is 10.5. The van der Waals surface area contributed by atoms with Gasteiger partial charge >= 0.3 is 0 Å². The Morgan fingerprint density at radius 1 is 1.30 bits per heavy atom. The average Bonchev–Trinajstić information content (AvgIpc) is 3.01. The van der Waals surface area contributed by atoms with E-state index >= 15 is 0 Å². The van der Waals surface area contributed by atoms with Crippen LogP contribution in [-0.4, -0.2) is 23.0 Å². The molecule has 3 aromatic heterocycles. The second-order valence-corrected chi connectivity index (χ2v) is 8.71. The van der Waals surface area contributed by atoms with Gasteiger partial charge in [0.2, 0.25) is 15.0 Å². The summed E-state index contributed by atoms with van der Waals surface area (Å²) < 4.78 is 28.7. The van der Waals surface area contributed by atoms with Crippen LogP contribution in [0.1, 0.15) is 15.6 Å². The zero-order chi connectivity index (χ0) is 14.3. The molecule has 0 aliphatic carbocycles. The molecule has 0 radical (unpaired) electrons. The minimum Gasteiger partial charge on any atom is -0.221 e. The van der Waals surface area contributed by atoms with Gasteiger partial charge in [-0.05, 0) is 26.0 Å². The first-order valence-corrected chi connectivity index (χ1v) is 8.93. The number of aromatic nitrogens is 3. The first-order valence-electron chi connectivity index (χ1n) is 5.82. The van der Waals surface area contributed by atoms with Crippen molar-refractivity contribution in [2.75, 3.05) is 0 Å². The van der Waals surface area contributed by atoms with E-state index in [0.717, 1.165) is 14.8 Å². The summed E-state index contributed by atoms with van der Waals surface area (Å²) in [4.78, 5) is 6.06. The maximum atomic E-state index is 12.1. The van der Waals surface area contributed by atoms with Crippen LogP contribution in [0.4, 0.5) is 0 Å². The molecule has 0 saturated heterocycles. The number of fused-ring (bicyclic) bond motifs is 1. The molecule has 0 aliphatic rings. The molecule has 0 fully saturated rings. The molecular formula is C11H12N4O2S3. The SMILES string of the molecule is Cc1ccc(S(=O)(=O)NCc2cn3nc(C)sc3n2)s1. The Morgan fingerprint density at radius 2 is 2.10 bits per heavy atom. The van der Waals surface area contributed by atoms with Gasteiger partial charge in [0.1, 0.15) is 9.22 Å². The van der Waals surface area contributed by atoms with Crippen molar-refractivity contribution in [3.8, 4) is 0 Å². The highest BCUT2D eigenvalue weighted by Gasteiger charge is 2.16. The number of hydrogen-bond donors (Lipinski definition) is 1. The highest BCUT2D eigenvalue weighted by molar-refractivity contribution is 7.91. The van der Waals surface area contributed by atoms with E-state index in [9.17, 15) is 8.42 Å². The molecular weight excluding hydrogens is 316 g/mol. The molecule has 0 unspecified atom stereocenters. The molecule has 0 spiro atoms. The number of thiophene rings is 1. The predicted octanol–water partition coefficient (Wildman–Crippen LogP) is 1.95. The molecule has 0 aromatic carbocycles. The minimum atomic E-state index is -3.46. The van der Waals surface area contributed by atoms with Crippen LogP contribution in [0.3, 0.4) is 0 Å². The monoisotopic (exact) mass is 328 g/mol. The van der Waals surface area contributed by atoms with Gasteiger partial charge in [-0.25, -0.2) is 22.6 Å². The van der Waals surface area contributed by atoms with Crippen LogP contribution in [0.15, 0.2) is 22.5 Å². The Hall–Kier alpha value is -1.29. The summed E-state index contributed by atoms with van der Waals surface area (Å²) in [6.45, 7) is 3.94. The molecule has 9 heteroatoms. The highest BCUT2D eigenvalue weighted by Crippen LogP contribution is 2.20. The summed E-state index contributed by atoms with van der Waals surface area (Å²) in [6.07, 6.45) is 1.74. The fraction of sp³-hybridized carbons (Fsp3) is 0.273. The quantitative estimate of drug-likeness (QED) is 0.794.